The molecule has 5 heterocycles. The number of aryl methyl sites for hydroxylation is 1. The number of aromatic carboxylic acids is 1. The van der Waals surface area contributed by atoms with Gasteiger partial charge in [-0.1, -0.05) is 112 Å². The van der Waals surface area contributed by atoms with E-state index < -0.39 is 35.5 Å². The number of aliphatic hydroxyl groups excluding tert-OH is 1. The van der Waals surface area contributed by atoms with Crippen LogP contribution in [0.25, 0.3) is 31.8 Å². The lowest BCUT2D eigenvalue weighted by Gasteiger charge is -2.35. The lowest BCUT2D eigenvalue weighted by atomic mass is 9.85. The highest BCUT2D eigenvalue weighted by atomic mass is 32.1. The second-order valence-corrected chi connectivity index (χ2v) is 24.4. The molecule has 16 nitrogen and oxygen atoms in total. The van der Waals surface area contributed by atoms with E-state index in [-0.39, 0.29) is 54.8 Å². The molecule has 8 aromatic rings. The van der Waals surface area contributed by atoms with Crippen molar-refractivity contribution in [3.63, 3.8) is 0 Å². The topological polar surface area (TPSA) is 216 Å². The standard InChI is InChI=1S/C64H66N8O8S2/c1-36(31-55(74)69-58(64(5,6)7)61(77)72-33-44(73)32-51(72)60(76)66-38(3)41-20-22-43(23-21-41)57-39(4)65-35-81-57)30-40-18-24-45(25-19-40)80-52-16-11-13-46(37(52)2)47-26-27-54(68-56(47)62(78)79)71-29-28-42-12-10-14-48(49(42)34-71)59(75)70-63-67-50-15-8-9-17-53(50)82-63/h8-27,35-36,38,44,51,58,73H,28-34H2,1-7H3,(H,66,76)(H,69,74)(H,78,79)(H,67,70,75)/t36?,38?,44-,51+,58?/m1/s1. The first-order valence-corrected chi connectivity index (χ1v) is 29.2. The van der Waals surface area contributed by atoms with Crippen molar-refractivity contribution in [2.24, 2.45) is 11.3 Å². The number of carboxylic acid groups (broad SMARTS) is 1. The van der Waals surface area contributed by atoms with Crippen LogP contribution in [0.2, 0.25) is 0 Å². The van der Waals surface area contributed by atoms with Crippen LogP contribution in [0.3, 0.4) is 0 Å². The average Bonchev–Trinajstić information content (AvgIpc) is 4.32. The van der Waals surface area contributed by atoms with E-state index in [1.807, 2.05) is 168 Å². The number of aromatic nitrogens is 3. The number of anilines is 2. The molecule has 4 amide bonds. The largest absolute Gasteiger partial charge is 0.476 e. The monoisotopic (exact) mass is 1140 g/mol. The molecular weight excluding hydrogens is 1070 g/mol. The van der Waals surface area contributed by atoms with Gasteiger partial charge in [0.25, 0.3) is 5.91 Å². The summed E-state index contributed by atoms with van der Waals surface area (Å²) in [7, 11) is 0. The number of carboxylic acids is 1. The van der Waals surface area contributed by atoms with Crippen molar-refractivity contribution in [1.29, 1.82) is 0 Å². The number of β-amino-alcohol motifs (C(OH)–C–C–N with tert-alkyl or cyclic N) is 1. The number of benzene rings is 5. The van der Waals surface area contributed by atoms with Crippen LogP contribution in [-0.2, 0) is 33.8 Å². The third-order valence-electron chi connectivity index (χ3n) is 15.3. The number of carbonyl (C=O) groups excluding carboxylic acids is 4. The zero-order valence-electron chi connectivity index (χ0n) is 46.9. The van der Waals surface area contributed by atoms with Gasteiger partial charge < -0.3 is 35.4 Å². The van der Waals surface area contributed by atoms with Crippen molar-refractivity contribution in [3.8, 4) is 33.1 Å². The highest BCUT2D eigenvalue weighted by Crippen LogP contribution is 2.37. The van der Waals surface area contributed by atoms with E-state index in [1.54, 1.807) is 23.5 Å². The Morgan fingerprint density at radius 1 is 0.841 bits per heavy atom. The van der Waals surface area contributed by atoms with E-state index in [0.29, 0.717) is 65.1 Å². The van der Waals surface area contributed by atoms with Crippen LogP contribution in [0.1, 0.15) is 108 Å². The van der Waals surface area contributed by atoms with Crippen LogP contribution in [-0.4, -0.2) is 90.9 Å². The number of hydrogen-bond acceptors (Lipinski definition) is 13. The predicted octanol–water partition coefficient (Wildman–Crippen LogP) is 11.3. The van der Waals surface area contributed by atoms with Crippen molar-refractivity contribution >= 4 is 73.4 Å². The molecular formula is C64H66N8O8S2. The Hall–Kier alpha value is -8.32. The summed E-state index contributed by atoms with van der Waals surface area (Å²) < 4.78 is 7.38. The Balaban J connectivity index is 0.747. The number of nitrogens with zero attached hydrogens (tertiary/aromatic N) is 5. The van der Waals surface area contributed by atoms with E-state index in [9.17, 15) is 34.2 Å². The first kappa shape index (κ1) is 56.9. The smallest absolute Gasteiger partial charge is 0.355 e. The van der Waals surface area contributed by atoms with Crippen molar-refractivity contribution in [2.75, 3.05) is 23.3 Å². The maximum atomic E-state index is 14.4. The fourth-order valence-corrected chi connectivity index (χ4v) is 12.6. The highest BCUT2D eigenvalue weighted by molar-refractivity contribution is 7.22. The summed E-state index contributed by atoms with van der Waals surface area (Å²) in [5, 5.41) is 30.9. The third kappa shape index (κ3) is 12.6. The maximum Gasteiger partial charge on any atom is 0.355 e. The minimum Gasteiger partial charge on any atom is -0.476 e. The normalized spacial score (nSPS) is 16.2. The van der Waals surface area contributed by atoms with Gasteiger partial charge in [0, 0.05) is 43.6 Å². The lowest BCUT2D eigenvalue weighted by molar-refractivity contribution is -0.144. The molecule has 0 aliphatic carbocycles. The first-order chi connectivity index (χ1) is 39.3. The molecule has 82 heavy (non-hydrogen) atoms. The van der Waals surface area contributed by atoms with Gasteiger partial charge in [-0.15, -0.1) is 11.3 Å². The molecule has 10 rings (SSSR count). The summed E-state index contributed by atoms with van der Waals surface area (Å²) in [6, 6.07) is 35.8. The lowest BCUT2D eigenvalue weighted by Crippen LogP contribution is -2.58. The minimum atomic E-state index is -1.18. The fourth-order valence-electron chi connectivity index (χ4n) is 10.9. The summed E-state index contributed by atoms with van der Waals surface area (Å²) >= 11 is 2.98. The molecule has 2 aliphatic rings. The third-order valence-corrected chi connectivity index (χ3v) is 17.3. The molecule has 0 spiro atoms. The van der Waals surface area contributed by atoms with E-state index in [4.69, 9.17) is 9.72 Å². The number of ether oxygens (including phenoxy) is 1. The molecule has 2 aliphatic heterocycles. The van der Waals surface area contributed by atoms with Gasteiger partial charge in [-0.2, -0.15) is 0 Å². The molecule has 5 atom stereocenters. The number of pyridine rings is 1. The zero-order chi connectivity index (χ0) is 58.0. The van der Waals surface area contributed by atoms with Gasteiger partial charge in [0.05, 0.1) is 38.4 Å². The van der Waals surface area contributed by atoms with Gasteiger partial charge >= 0.3 is 5.97 Å². The Morgan fingerprint density at radius 3 is 2.32 bits per heavy atom. The quantitative estimate of drug-likeness (QED) is 0.0576. The second-order valence-electron chi connectivity index (χ2n) is 22.5. The van der Waals surface area contributed by atoms with Crippen molar-refractivity contribution in [2.45, 2.75) is 105 Å². The van der Waals surface area contributed by atoms with Crippen molar-refractivity contribution in [3.05, 3.63) is 172 Å². The molecule has 1 saturated heterocycles. The Bertz CT molecular complexity index is 3670. The molecule has 1 fully saturated rings. The Labute approximate surface area is 484 Å². The summed E-state index contributed by atoms with van der Waals surface area (Å²) in [4.78, 5) is 86.7. The number of carbonyl (C=O) groups is 5. The number of nitrogens with one attached hydrogen (secondary N) is 3. The summed E-state index contributed by atoms with van der Waals surface area (Å²) in [5.74, 6) is -1.04. The Morgan fingerprint density at radius 2 is 1.60 bits per heavy atom. The van der Waals surface area contributed by atoms with Crippen LogP contribution >= 0.6 is 22.7 Å². The van der Waals surface area contributed by atoms with E-state index >= 15 is 0 Å². The molecule has 0 saturated carbocycles. The maximum absolute atomic E-state index is 14.4. The number of thiazole rings is 2. The SMILES string of the molecule is Cc1ncsc1-c1ccc(C(C)NC(=O)[C@@H]2C[C@@H](O)CN2C(=O)C(NC(=O)CC(C)Cc2ccc(Oc3cccc(-c4ccc(N5CCc6cccc(C(=O)Nc7nc8ccccc8s7)c6C5)nc4C(=O)O)c3C)cc2)C(C)(C)C)cc1. The number of likely N-dealkylation sites (tertiary alicyclic amines) is 1. The molecule has 3 aromatic heterocycles. The number of hydrogen-bond donors (Lipinski definition) is 5. The number of aliphatic hydroxyl groups is 1. The minimum absolute atomic E-state index is 0.0232. The van der Waals surface area contributed by atoms with Crippen LogP contribution in [0.4, 0.5) is 10.9 Å². The predicted molar refractivity (Wildman–Crippen MR) is 320 cm³/mol. The molecule has 0 radical (unpaired) electrons. The molecule has 0 bridgehead atoms. The van der Waals surface area contributed by atoms with Crippen LogP contribution in [0.15, 0.2) is 127 Å². The first-order valence-electron chi connectivity index (χ1n) is 27.5. The van der Waals surface area contributed by atoms with E-state index in [0.717, 1.165) is 54.2 Å². The van der Waals surface area contributed by atoms with Crippen molar-refractivity contribution < 1.29 is 38.9 Å². The molecule has 422 valence electrons. The van der Waals surface area contributed by atoms with Crippen LogP contribution in [0, 0.1) is 25.2 Å². The van der Waals surface area contributed by atoms with E-state index in [2.05, 4.69) is 25.9 Å². The van der Waals surface area contributed by atoms with Gasteiger partial charge in [0.2, 0.25) is 17.7 Å². The van der Waals surface area contributed by atoms with Gasteiger partial charge in [-0.3, -0.25) is 24.5 Å². The average molecular weight is 1140 g/mol. The number of para-hydroxylation sites is 1. The van der Waals surface area contributed by atoms with Crippen molar-refractivity contribution in [1.82, 2.24) is 30.5 Å². The zero-order valence-corrected chi connectivity index (χ0v) is 48.5. The summed E-state index contributed by atoms with van der Waals surface area (Å²) in [6.07, 6.45) is 0.542. The van der Waals surface area contributed by atoms with Gasteiger partial charge in [0.1, 0.15) is 29.4 Å². The summed E-state index contributed by atoms with van der Waals surface area (Å²) in [6.45, 7) is 14.2. The van der Waals surface area contributed by atoms with E-state index in [1.165, 1.54) is 16.2 Å². The second kappa shape index (κ2) is 24.0. The molecule has 18 heteroatoms. The number of fused-ring (bicyclic) bond motifs is 2. The van der Waals surface area contributed by atoms with Crippen LogP contribution < -0.4 is 25.6 Å². The Kier molecular flexibility index (Phi) is 16.7. The number of rotatable bonds is 17. The van der Waals surface area contributed by atoms with Crippen LogP contribution in [0.5, 0.6) is 11.5 Å². The molecule has 5 N–H and O–H groups in total. The van der Waals surface area contributed by atoms with Gasteiger partial charge in [-0.25, -0.2) is 19.7 Å². The van der Waals surface area contributed by atoms with Gasteiger partial charge in [-0.05, 0) is 132 Å². The highest BCUT2D eigenvalue weighted by Gasteiger charge is 2.45. The summed E-state index contributed by atoms with van der Waals surface area (Å²) in [5.41, 5.74) is 9.93. The number of amides is 4. The fraction of sp³-hybridized carbons (Fsp3) is 0.312. The van der Waals surface area contributed by atoms with Gasteiger partial charge in [0.15, 0.2) is 10.8 Å². The molecule has 5 aromatic carbocycles. The molecule has 3 unspecified atom stereocenters.